The summed E-state index contributed by atoms with van der Waals surface area (Å²) >= 11 is 0. The van der Waals surface area contributed by atoms with Crippen molar-refractivity contribution in [2.24, 2.45) is 11.8 Å². The largest absolute Gasteiger partial charge is 0.516 e. The smallest absolute Gasteiger partial charge is 0.150 e. The predicted molar refractivity (Wildman–Crippen MR) is 93.1 cm³/mol. The third-order valence-electron chi connectivity index (χ3n) is 5.78. The average Bonchev–Trinajstić information content (AvgIpc) is 2.58. The van der Waals surface area contributed by atoms with Crippen molar-refractivity contribution in [1.29, 1.82) is 0 Å². The van der Waals surface area contributed by atoms with Crippen LogP contribution in [-0.2, 0) is 6.42 Å². The van der Waals surface area contributed by atoms with Crippen molar-refractivity contribution in [2.45, 2.75) is 38.2 Å². The van der Waals surface area contributed by atoms with Crippen LogP contribution in [-0.4, -0.2) is 16.5 Å². The second-order valence-corrected chi connectivity index (χ2v) is 7.30. The Morgan fingerprint density at radius 3 is 2.88 bits per heavy atom. The van der Waals surface area contributed by atoms with Crippen LogP contribution in [0.3, 0.4) is 0 Å². The zero-order valence-corrected chi connectivity index (χ0v) is 13.8. The molecule has 3 aliphatic carbocycles. The van der Waals surface area contributed by atoms with Crippen molar-refractivity contribution < 1.29 is 15.0 Å². The molecule has 4 rings (SSSR count). The highest BCUT2D eigenvalue weighted by Crippen LogP contribution is 2.54. The lowest BCUT2D eigenvalue weighted by Gasteiger charge is -2.44. The van der Waals surface area contributed by atoms with Crippen molar-refractivity contribution in [3.05, 3.63) is 70.0 Å². The minimum absolute atomic E-state index is 0.219. The molecule has 4 atom stereocenters. The Bertz CT molecular complexity index is 785. The van der Waals surface area contributed by atoms with E-state index in [2.05, 4.69) is 19.1 Å². The summed E-state index contributed by atoms with van der Waals surface area (Å²) in [6, 6.07) is 3.81. The summed E-state index contributed by atoms with van der Waals surface area (Å²) < 4.78 is 0. The van der Waals surface area contributed by atoms with E-state index in [1.165, 1.54) is 11.1 Å². The van der Waals surface area contributed by atoms with E-state index in [0.717, 1.165) is 48.5 Å². The van der Waals surface area contributed by atoms with Gasteiger partial charge in [0.15, 0.2) is 0 Å². The summed E-state index contributed by atoms with van der Waals surface area (Å²) in [6.07, 6.45) is 10.3. The molecule has 0 aromatic heterocycles. The second-order valence-electron chi connectivity index (χ2n) is 7.30. The van der Waals surface area contributed by atoms with Crippen LogP contribution in [0.5, 0.6) is 0 Å². The molecule has 0 fully saturated rings. The molecule has 124 valence electrons. The van der Waals surface area contributed by atoms with Crippen LogP contribution in [0.2, 0.25) is 0 Å². The first-order valence-corrected chi connectivity index (χ1v) is 8.60. The molecule has 0 saturated carbocycles. The minimum atomic E-state index is -0.616. The van der Waals surface area contributed by atoms with Gasteiger partial charge in [0.25, 0.3) is 0 Å². The molecular formula is C21H22O3. The van der Waals surface area contributed by atoms with Crippen molar-refractivity contribution in [3.63, 3.8) is 0 Å². The monoisotopic (exact) mass is 322 g/mol. The van der Waals surface area contributed by atoms with Gasteiger partial charge in [-0.25, -0.2) is 0 Å². The summed E-state index contributed by atoms with van der Waals surface area (Å²) in [5, 5.41) is 20.1. The number of benzene rings is 1. The van der Waals surface area contributed by atoms with Crippen LogP contribution in [0.1, 0.15) is 58.8 Å². The number of aliphatic hydroxyl groups excluding tert-OH is 2. The molecule has 3 heteroatoms. The van der Waals surface area contributed by atoms with Crippen LogP contribution in [0, 0.1) is 11.8 Å². The Kier molecular flexibility index (Phi) is 3.69. The first-order valence-electron chi connectivity index (χ1n) is 8.60. The highest BCUT2D eigenvalue weighted by atomic mass is 16.3. The number of allylic oxidation sites excluding steroid dienone is 4. The Morgan fingerprint density at radius 1 is 1.29 bits per heavy atom. The van der Waals surface area contributed by atoms with Gasteiger partial charge in [0.05, 0.1) is 6.26 Å². The van der Waals surface area contributed by atoms with E-state index in [-0.39, 0.29) is 11.8 Å². The highest BCUT2D eigenvalue weighted by molar-refractivity contribution is 5.77. The van der Waals surface area contributed by atoms with Gasteiger partial charge in [-0.15, -0.1) is 0 Å². The third kappa shape index (κ3) is 2.27. The van der Waals surface area contributed by atoms with Gasteiger partial charge >= 0.3 is 0 Å². The molecule has 0 amide bonds. The molecule has 3 aliphatic rings. The minimum Gasteiger partial charge on any atom is -0.516 e. The molecule has 0 radical (unpaired) electrons. The molecule has 1 aromatic rings. The number of rotatable bonds is 2. The number of hydrogen-bond acceptors (Lipinski definition) is 3. The maximum Gasteiger partial charge on any atom is 0.150 e. The zero-order chi connectivity index (χ0) is 16.8. The number of aliphatic hydroxyl groups is 2. The molecule has 24 heavy (non-hydrogen) atoms. The van der Waals surface area contributed by atoms with Crippen LogP contribution in [0.15, 0.2) is 47.8 Å². The predicted octanol–water partition coefficient (Wildman–Crippen LogP) is 4.16. The quantitative estimate of drug-likeness (QED) is 0.488. The van der Waals surface area contributed by atoms with Crippen molar-refractivity contribution in [3.8, 4) is 0 Å². The summed E-state index contributed by atoms with van der Waals surface area (Å²) in [7, 11) is 0. The topological polar surface area (TPSA) is 57.5 Å². The lowest BCUT2D eigenvalue weighted by atomic mass is 9.61. The Labute approximate surface area is 142 Å². The van der Waals surface area contributed by atoms with Gasteiger partial charge in [-0.1, -0.05) is 17.7 Å². The summed E-state index contributed by atoms with van der Waals surface area (Å²) in [5.41, 5.74) is 6.30. The van der Waals surface area contributed by atoms with E-state index in [1.807, 2.05) is 18.2 Å². The van der Waals surface area contributed by atoms with E-state index in [9.17, 15) is 15.0 Å². The molecule has 1 aromatic carbocycles. The number of fused-ring (bicyclic) bond motifs is 2. The Balaban J connectivity index is 1.92. The standard InChI is InChI=1S/C21H22O3/c1-12-2-3-16-17(6-12)18-9-13(4-5-22)7-15-8-14(11-23)10-19(20(15)18)21(16)24/h3-6,8,10-11,13,17-18,21-22,24H,2,7,9H2,1H3/b5-4-. The van der Waals surface area contributed by atoms with Gasteiger partial charge in [0, 0.05) is 11.5 Å². The molecule has 2 N–H and O–H groups in total. The normalized spacial score (nSPS) is 31.1. The van der Waals surface area contributed by atoms with E-state index in [1.54, 1.807) is 0 Å². The highest BCUT2D eigenvalue weighted by Gasteiger charge is 2.42. The fraction of sp³-hybridized carbons (Fsp3) is 0.381. The molecule has 4 unspecified atom stereocenters. The van der Waals surface area contributed by atoms with Crippen LogP contribution < -0.4 is 0 Å². The molecule has 0 bridgehead atoms. The molecule has 0 saturated heterocycles. The van der Waals surface area contributed by atoms with Crippen molar-refractivity contribution >= 4 is 6.29 Å². The van der Waals surface area contributed by atoms with E-state index in [4.69, 9.17) is 0 Å². The van der Waals surface area contributed by atoms with Gasteiger partial charge in [-0.2, -0.15) is 0 Å². The number of carbonyl (C=O) groups is 1. The lowest BCUT2D eigenvalue weighted by Crippen LogP contribution is -2.33. The molecular weight excluding hydrogens is 300 g/mol. The van der Waals surface area contributed by atoms with E-state index in [0.29, 0.717) is 11.5 Å². The van der Waals surface area contributed by atoms with Crippen LogP contribution in [0.4, 0.5) is 0 Å². The Morgan fingerprint density at radius 2 is 2.12 bits per heavy atom. The summed E-state index contributed by atoms with van der Waals surface area (Å²) in [6.45, 7) is 2.14. The van der Waals surface area contributed by atoms with Gasteiger partial charge in [-0.3, -0.25) is 4.79 Å². The van der Waals surface area contributed by atoms with Crippen molar-refractivity contribution in [2.75, 3.05) is 0 Å². The van der Waals surface area contributed by atoms with Gasteiger partial charge in [0.2, 0.25) is 0 Å². The SMILES string of the molecule is CC1=CC2C(=CC1)C(O)c1cc(C=O)cc3c1C2CC(/C=C\O)C3. The van der Waals surface area contributed by atoms with Crippen LogP contribution in [0.25, 0.3) is 0 Å². The summed E-state index contributed by atoms with van der Waals surface area (Å²) in [5.74, 6) is 0.780. The number of hydrogen-bond donors (Lipinski definition) is 2. The average molecular weight is 322 g/mol. The van der Waals surface area contributed by atoms with Gasteiger partial charge in [-0.05, 0) is 78.5 Å². The van der Waals surface area contributed by atoms with E-state index < -0.39 is 6.10 Å². The van der Waals surface area contributed by atoms with Crippen molar-refractivity contribution in [1.82, 2.24) is 0 Å². The molecule has 0 aliphatic heterocycles. The zero-order valence-electron chi connectivity index (χ0n) is 13.8. The fourth-order valence-corrected chi connectivity index (χ4v) is 4.79. The van der Waals surface area contributed by atoms with Crippen LogP contribution >= 0.6 is 0 Å². The number of carbonyl (C=O) groups excluding carboxylic acids is 1. The lowest BCUT2D eigenvalue weighted by molar-refractivity contribution is 0.112. The summed E-state index contributed by atoms with van der Waals surface area (Å²) in [4.78, 5) is 11.3. The Hall–Kier alpha value is -2.13. The van der Waals surface area contributed by atoms with Gasteiger partial charge in [0.1, 0.15) is 12.4 Å². The van der Waals surface area contributed by atoms with E-state index >= 15 is 0 Å². The maximum absolute atomic E-state index is 11.3. The number of aldehydes is 1. The molecule has 0 spiro atoms. The maximum atomic E-state index is 11.3. The first kappa shape index (κ1) is 15.4. The van der Waals surface area contributed by atoms with Gasteiger partial charge < -0.3 is 10.2 Å². The second kappa shape index (κ2) is 5.75. The molecule has 0 heterocycles. The third-order valence-corrected chi connectivity index (χ3v) is 5.78. The fourth-order valence-electron chi connectivity index (χ4n) is 4.79. The molecule has 3 nitrogen and oxygen atoms in total. The first-order chi connectivity index (χ1) is 11.6.